The summed E-state index contributed by atoms with van der Waals surface area (Å²) in [6.45, 7) is 4.74. The standard InChI is InChI=1S/C12H22O2/c1-3-9-14-12(11(13)4-2)10-7-5-6-8-10/h10,12H,3-9H2,1-2H3. The third-order valence-electron chi connectivity index (χ3n) is 3.00. The van der Waals surface area contributed by atoms with Crippen LogP contribution in [0.4, 0.5) is 0 Å². The first-order valence-corrected chi connectivity index (χ1v) is 5.93. The molecule has 1 rings (SSSR count). The van der Waals surface area contributed by atoms with Crippen molar-refractivity contribution in [2.75, 3.05) is 6.61 Å². The Labute approximate surface area is 87.0 Å². The summed E-state index contributed by atoms with van der Waals surface area (Å²) in [5, 5.41) is 0. The van der Waals surface area contributed by atoms with Crippen molar-refractivity contribution in [1.29, 1.82) is 0 Å². The molecule has 0 aromatic carbocycles. The topological polar surface area (TPSA) is 26.3 Å². The Bertz CT molecular complexity index is 171. The van der Waals surface area contributed by atoms with E-state index >= 15 is 0 Å². The van der Waals surface area contributed by atoms with Crippen LogP contribution < -0.4 is 0 Å². The van der Waals surface area contributed by atoms with Crippen LogP contribution in [-0.2, 0) is 9.53 Å². The van der Waals surface area contributed by atoms with Crippen LogP contribution in [0.25, 0.3) is 0 Å². The molecule has 1 aliphatic carbocycles. The van der Waals surface area contributed by atoms with Gasteiger partial charge in [-0.3, -0.25) is 4.79 Å². The van der Waals surface area contributed by atoms with Crippen LogP contribution in [0, 0.1) is 5.92 Å². The Hall–Kier alpha value is -0.370. The van der Waals surface area contributed by atoms with E-state index < -0.39 is 0 Å². The van der Waals surface area contributed by atoms with Gasteiger partial charge in [0.2, 0.25) is 0 Å². The second-order valence-electron chi connectivity index (χ2n) is 4.16. The Morgan fingerprint density at radius 2 is 2.00 bits per heavy atom. The van der Waals surface area contributed by atoms with Crippen LogP contribution in [0.2, 0.25) is 0 Å². The van der Waals surface area contributed by atoms with Crippen LogP contribution in [0.3, 0.4) is 0 Å². The van der Waals surface area contributed by atoms with Crippen molar-refractivity contribution >= 4 is 5.78 Å². The summed E-state index contributed by atoms with van der Waals surface area (Å²) in [7, 11) is 0. The maximum absolute atomic E-state index is 11.7. The first-order valence-electron chi connectivity index (χ1n) is 5.93. The van der Waals surface area contributed by atoms with Gasteiger partial charge in [0.1, 0.15) is 6.10 Å². The molecule has 0 heterocycles. The Kier molecular flexibility index (Phi) is 5.16. The Morgan fingerprint density at radius 1 is 1.36 bits per heavy atom. The minimum absolute atomic E-state index is 0.0950. The van der Waals surface area contributed by atoms with Crippen molar-refractivity contribution in [2.24, 2.45) is 5.92 Å². The lowest BCUT2D eigenvalue weighted by Crippen LogP contribution is -2.31. The van der Waals surface area contributed by atoms with Crippen LogP contribution in [0.5, 0.6) is 0 Å². The van der Waals surface area contributed by atoms with Gasteiger partial charge in [-0.05, 0) is 25.2 Å². The van der Waals surface area contributed by atoms with Gasteiger partial charge in [-0.25, -0.2) is 0 Å². The predicted molar refractivity (Wildman–Crippen MR) is 57.3 cm³/mol. The normalized spacial score (nSPS) is 19.9. The summed E-state index contributed by atoms with van der Waals surface area (Å²) >= 11 is 0. The first kappa shape index (κ1) is 11.7. The van der Waals surface area contributed by atoms with Crippen molar-refractivity contribution < 1.29 is 9.53 Å². The fourth-order valence-corrected chi connectivity index (χ4v) is 2.20. The molecule has 0 spiro atoms. The van der Waals surface area contributed by atoms with E-state index in [9.17, 15) is 4.79 Å². The zero-order valence-electron chi connectivity index (χ0n) is 9.42. The van der Waals surface area contributed by atoms with E-state index in [0.717, 1.165) is 13.0 Å². The SMILES string of the molecule is CCCOC(C(=O)CC)C1CCCC1. The van der Waals surface area contributed by atoms with Gasteiger partial charge in [-0.1, -0.05) is 26.7 Å². The fraction of sp³-hybridized carbons (Fsp3) is 0.917. The molecular formula is C12H22O2. The van der Waals surface area contributed by atoms with E-state index in [1.54, 1.807) is 0 Å². The summed E-state index contributed by atoms with van der Waals surface area (Å²) in [5.41, 5.74) is 0. The number of carbonyl (C=O) groups excluding carboxylic acids is 1. The Balaban J connectivity index is 2.46. The molecule has 0 radical (unpaired) electrons. The maximum atomic E-state index is 11.7. The van der Waals surface area contributed by atoms with E-state index in [-0.39, 0.29) is 6.10 Å². The summed E-state index contributed by atoms with van der Waals surface area (Å²) in [6.07, 6.45) is 6.43. The highest BCUT2D eigenvalue weighted by Gasteiger charge is 2.29. The van der Waals surface area contributed by atoms with Crippen molar-refractivity contribution in [3.05, 3.63) is 0 Å². The van der Waals surface area contributed by atoms with E-state index in [0.29, 0.717) is 18.1 Å². The highest BCUT2D eigenvalue weighted by atomic mass is 16.5. The lowest BCUT2D eigenvalue weighted by atomic mass is 9.96. The average Bonchev–Trinajstić information content (AvgIpc) is 2.71. The van der Waals surface area contributed by atoms with Crippen LogP contribution >= 0.6 is 0 Å². The van der Waals surface area contributed by atoms with E-state index in [4.69, 9.17) is 4.74 Å². The van der Waals surface area contributed by atoms with Gasteiger partial charge in [-0.2, -0.15) is 0 Å². The third-order valence-corrected chi connectivity index (χ3v) is 3.00. The summed E-state index contributed by atoms with van der Waals surface area (Å²) < 4.78 is 5.68. The third kappa shape index (κ3) is 3.09. The lowest BCUT2D eigenvalue weighted by Gasteiger charge is -2.21. The molecule has 1 aliphatic rings. The molecule has 1 saturated carbocycles. The molecule has 0 aromatic rings. The highest BCUT2D eigenvalue weighted by Crippen LogP contribution is 2.30. The minimum atomic E-state index is -0.0950. The molecule has 0 aliphatic heterocycles. The van der Waals surface area contributed by atoms with Gasteiger partial charge in [0.15, 0.2) is 5.78 Å². The van der Waals surface area contributed by atoms with Crippen LogP contribution in [-0.4, -0.2) is 18.5 Å². The molecule has 1 unspecified atom stereocenters. The molecule has 1 atom stereocenters. The molecule has 14 heavy (non-hydrogen) atoms. The second-order valence-corrected chi connectivity index (χ2v) is 4.16. The van der Waals surface area contributed by atoms with Gasteiger partial charge < -0.3 is 4.74 Å². The highest BCUT2D eigenvalue weighted by molar-refractivity contribution is 5.83. The smallest absolute Gasteiger partial charge is 0.161 e. The largest absolute Gasteiger partial charge is 0.370 e. The summed E-state index contributed by atoms with van der Waals surface area (Å²) in [6, 6.07) is 0. The Morgan fingerprint density at radius 3 is 2.50 bits per heavy atom. The molecule has 0 amide bonds. The van der Waals surface area contributed by atoms with Crippen molar-refractivity contribution in [3.63, 3.8) is 0 Å². The summed E-state index contributed by atoms with van der Waals surface area (Å²) in [4.78, 5) is 11.7. The van der Waals surface area contributed by atoms with Crippen LogP contribution in [0.1, 0.15) is 52.4 Å². The van der Waals surface area contributed by atoms with E-state index in [1.807, 2.05) is 6.92 Å². The maximum Gasteiger partial charge on any atom is 0.161 e. The van der Waals surface area contributed by atoms with Gasteiger partial charge in [0.25, 0.3) is 0 Å². The van der Waals surface area contributed by atoms with Gasteiger partial charge in [-0.15, -0.1) is 0 Å². The quantitative estimate of drug-likeness (QED) is 0.656. The molecule has 0 aromatic heterocycles. The van der Waals surface area contributed by atoms with Crippen LogP contribution in [0.15, 0.2) is 0 Å². The van der Waals surface area contributed by atoms with Gasteiger partial charge in [0, 0.05) is 13.0 Å². The molecule has 0 saturated heterocycles. The number of carbonyl (C=O) groups is 1. The molecule has 2 nitrogen and oxygen atoms in total. The van der Waals surface area contributed by atoms with Crippen molar-refractivity contribution in [1.82, 2.24) is 0 Å². The average molecular weight is 198 g/mol. The molecule has 1 fully saturated rings. The zero-order valence-corrected chi connectivity index (χ0v) is 9.42. The molecule has 2 heteroatoms. The second kappa shape index (κ2) is 6.18. The number of ketones is 1. The molecular weight excluding hydrogens is 176 g/mol. The first-order chi connectivity index (χ1) is 6.79. The minimum Gasteiger partial charge on any atom is -0.370 e. The number of Topliss-reactive ketones (excluding diaryl/α,β-unsaturated/α-hetero) is 1. The number of rotatable bonds is 6. The van der Waals surface area contributed by atoms with Gasteiger partial charge >= 0.3 is 0 Å². The molecule has 0 bridgehead atoms. The van der Waals surface area contributed by atoms with E-state index in [1.165, 1.54) is 25.7 Å². The zero-order chi connectivity index (χ0) is 10.4. The van der Waals surface area contributed by atoms with E-state index in [2.05, 4.69) is 6.92 Å². The van der Waals surface area contributed by atoms with Crippen molar-refractivity contribution in [2.45, 2.75) is 58.5 Å². The monoisotopic (exact) mass is 198 g/mol. The fourth-order valence-electron chi connectivity index (χ4n) is 2.20. The molecule has 82 valence electrons. The lowest BCUT2D eigenvalue weighted by molar-refractivity contribution is -0.133. The predicted octanol–water partition coefficient (Wildman–Crippen LogP) is 2.95. The summed E-state index contributed by atoms with van der Waals surface area (Å²) in [5.74, 6) is 0.805. The van der Waals surface area contributed by atoms with Gasteiger partial charge in [0.05, 0.1) is 0 Å². The number of hydrogen-bond acceptors (Lipinski definition) is 2. The molecule has 0 N–H and O–H groups in total. The number of ether oxygens (including phenoxy) is 1. The van der Waals surface area contributed by atoms with Crippen molar-refractivity contribution in [3.8, 4) is 0 Å². The number of hydrogen-bond donors (Lipinski definition) is 0.